The SMILES string of the molecule is COc1cncc(C(N)C2(C)CC2)c1. The van der Waals surface area contributed by atoms with Crippen molar-refractivity contribution >= 4 is 0 Å². The zero-order valence-electron chi connectivity index (χ0n) is 8.66. The summed E-state index contributed by atoms with van der Waals surface area (Å²) in [4.78, 5) is 4.11. The first kappa shape index (κ1) is 9.46. The van der Waals surface area contributed by atoms with Gasteiger partial charge in [-0.15, -0.1) is 0 Å². The number of nitrogens with two attached hydrogens (primary N) is 1. The van der Waals surface area contributed by atoms with Crippen LogP contribution in [-0.4, -0.2) is 12.1 Å². The lowest BCUT2D eigenvalue weighted by Gasteiger charge is -2.18. The summed E-state index contributed by atoms with van der Waals surface area (Å²) in [7, 11) is 1.64. The zero-order valence-corrected chi connectivity index (χ0v) is 8.66. The largest absolute Gasteiger partial charge is 0.495 e. The standard InChI is InChI=1S/C11H16N2O/c1-11(3-4-11)10(12)8-5-9(14-2)7-13-6-8/h5-7,10H,3-4,12H2,1-2H3. The van der Waals surface area contributed by atoms with Crippen LogP contribution in [0, 0.1) is 5.41 Å². The molecule has 0 spiro atoms. The molecule has 0 amide bonds. The molecule has 0 radical (unpaired) electrons. The maximum absolute atomic E-state index is 6.16. The Balaban J connectivity index is 2.23. The smallest absolute Gasteiger partial charge is 0.137 e. The molecule has 1 heterocycles. The minimum absolute atomic E-state index is 0.0881. The third kappa shape index (κ3) is 1.60. The van der Waals surface area contributed by atoms with Gasteiger partial charge in [0.2, 0.25) is 0 Å². The minimum Gasteiger partial charge on any atom is -0.495 e. The van der Waals surface area contributed by atoms with Crippen LogP contribution in [0.1, 0.15) is 31.4 Å². The molecular formula is C11H16N2O. The molecule has 14 heavy (non-hydrogen) atoms. The van der Waals surface area contributed by atoms with E-state index in [1.165, 1.54) is 12.8 Å². The third-order valence-corrected chi connectivity index (χ3v) is 3.12. The monoisotopic (exact) mass is 192 g/mol. The summed E-state index contributed by atoms with van der Waals surface area (Å²) >= 11 is 0. The van der Waals surface area contributed by atoms with Gasteiger partial charge in [-0.3, -0.25) is 4.98 Å². The molecule has 1 aromatic rings. The molecule has 76 valence electrons. The summed E-state index contributed by atoms with van der Waals surface area (Å²) in [5.41, 5.74) is 7.52. The van der Waals surface area contributed by atoms with Crippen LogP contribution in [0.15, 0.2) is 18.5 Å². The zero-order chi connectivity index (χ0) is 10.2. The quantitative estimate of drug-likeness (QED) is 0.795. The Morgan fingerprint density at radius 1 is 1.50 bits per heavy atom. The molecule has 3 heteroatoms. The Labute approximate surface area is 84.3 Å². The molecular weight excluding hydrogens is 176 g/mol. The van der Waals surface area contributed by atoms with Crippen molar-refractivity contribution in [3.63, 3.8) is 0 Å². The average Bonchev–Trinajstić information content (AvgIpc) is 2.97. The number of nitrogens with zero attached hydrogens (tertiary/aromatic N) is 1. The number of hydrogen-bond acceptors (Lipinski definition) is 3. The van der Waals surface area contributed by atoms with Crippen molar-refractivity contribution in [1.82, 2.24) is 4.98 Å². The van der Waals surface area contributed by atoms with E-state index in [2.05, 4.69) is 11.9 Å². The van der Waals surface area contributed by atoms with Crippen LogP contribution in [0.3, 0.4) is 0 Å². The van der Waals surface area contributed by atoms with Crippen molar-refractivity contribution in [1.29, 1.82) is 0 Å². The molecule has 0 saturated heterocycles. The van der Waals surface area contributed by atoms with Crippen LogP contribution < -0.4 is 10.5 Å². The second-order valence-corrected chi connectivity index (χ2v) is 4.29. The van der Waals surface area contributed by atoms with Crippen molar-refractivity contribution in [2.24, 2.45) is 11.1 Å². The summed E-state index contributed by atoms with van der Waals surface area (Å²) in [5, 5.41) is 0. The summed E-state index contributed by atoms with van der Waals surface area (Å²) in [5.74, 6) is 0.780. The molecule has 1 saturated carbocycles. The molecule has 3 nitrogen and oxygen atoms in total. The minimum atomic E-state index is 0.0881. The van der Waals surface area contributed by atoms with Gasteiger partial charge in [0.25, 0.3) is 0 Å². The third-order valence-electron chi connectivity index (χ3n) is 3.12. The van der Waals surface area contributed by atoms with Crippen LogP contribution in [-0.2, 0) is 0 Å². The van der Waals surface area contributed by atoms with E-state index in [1.54, 1.807) is 13.3 Å². The maximum atomic E-state index is 6.16. The fraction of sp³-hybridized carbons (Fsp3) is 0.545. The summed E-state index contributed by atoms with van der Waals surface area (Å²) in [6.45, 7) is 2.22. The van der Waals surface area contributed by atoms with Crippen molar-refractivity contribution < 1.29 is 4.74 Å². The van der Waals surface area contributed by atoms with E-state index in [9.17, 15) is 0 Å². The highest BCUT2D eigenvalue weighted by Crippen LogP contribution is 2.53. The fourth-order valence-electron chi connectivity index (χ4n) is 1.63. The lowest BCUT2D eigenvalue weighted by atomic mass is 9.94. The van der Waals surface area contributed by atoms with E-state index < -0.39 is 0 Å². The van der Waals surface area contributed by atoms with Crippen molar-refractivity contribution in [2.45, 2.75) is 25.8 Å². The van der Waals surface area contributed by atoms with Gasteiger partial charge in [-0.2, -0.15) is 0 Å². The number of rotatable bonds is 3. The molecule has 2 N–H and O–H groups in total. The van der Waals surface area contributed by atoms with Crippen LogP contribution >= 0.6 is 0 Å². The van der Waals surface area contributed by atoms with E-state index in [0.717, 1.165) is 11.3 Å². The van der Waals surface area contributed by atoms with Gasteiger partial charge >= 0.3 is 0 Å². The number of pyridine rings is 1. The number of methoxy groups -OCH3 is 1. The Kier molecular flexibility index (Phi) is 2.19. The van der Waals surface area contributed by atoms with E-state index in [0.29, 0.717) is 0 Å². The van der Waals surface area contributed by atoms with Gasteiger partial charge in [0.05, 0.1) is 13.3 Å². The molecule has 1 aliphatic carbocycles. The number of ether oxygens (including phenoxy) is 1. The van der Waals surface area contributed by atoms with Crippen LogP contribution in [0.25, 0.3) is 0 Å². The molecule has 1 aliphatic rings. The summed E-state index contributed by atoms with van der Waals surface area (Å²) < 4.78 is 5.12. The Hall–Kier alpha value is -1.09. The number of hydrogen-bond donors (Lipinski definition) is 1. The molecule has 1 fully saturated rings. The molecule has 0 bridgehead atoms. The fourth-order valence-corrected chi connectivity index (χ4v) is 1.63. The maximum Gasteiger partial charge on any atom is 0.137 e. The van der Waals surface area contributed by atoms with Crippen LogP contribution in [0.5, 0.6) is 5.75 Å². The second-order valence-electron chi connectivity index (χ2n) is 4.29. The normalized spacial score (nSPS) is 20.2. The average molecular weight is 192 g/mol. The first-order chi connectivity index (χ1) is 6.65. The highest BCUT2D eigenvalue weighted by molar-refractivity contribution is 5.28. The van der Waals surface area contributed by atoms with Crippen LogP contribution in [0.2, 0.25) is 0 Å². The van der Waals surface area contributed by atoms with E-state index in [4.69, 9.17) is 10.5 Å². The summed E-state index contributed by atoms with van der Waals surface area (Å²) in [6.07, 6.45) is 5.96. The molecule has 1 unspecified atom stereocenters. The molecule has 1 atom stereocenters. The molecule has 2 rings (SSSR count). The Bertz CT molecular complexity index is 334. The first-order valence-electron chi connectivity index (χ1n) is 4.90. The first-order valence-corrected chi connectivity index (χ1v) is 4.90. The van der Waals surface area contributed by atoms with E-state index >= 15 is 0 Å². The van der Waals surface area contributed by atoms with Crippen LogP contribution in [0.4, 0.5) is 0 Å². The predicted molar refractivity (Wildman–Crippen MR) is 55.1 cm³/mol. The molecule has 0 aromatic carbocycles. The van der Waals surface area contributed by atoms with Gasteiger partial charge in [-0.25, -0.2) is 0 Å². The van der Waals surface area contributed by atoms with Gasteiger partial charge < -0.3 is 10.5 Å². The molecule has 0 aliphatic heterocycles. The Morgan fingerprint density at radius 2 is 2.21 bits per heavy atom. The predicted octanol–water partition coefficient (Wildman–Crippen LogP) is 1.89. The van der Waals surface area contributed by atoms with Crippen molar-refractivity contribution in [3.8, 4) is 5.75 Å². The summed E-state index contributed by atoms with van der Waals surface area (Å²) in [6, 6.07) is 2.06. The highest BCUT2D eigenvalue weighted by atomic mass is 16.5. The van der Waals surface area contributed by atoms with Crippen molar-refractivity contribution in [2.75, 3.05) is 7.11 Å². The van der Waals surface area contributed by atoms with Gasteiger partial charge in [0.15, 0.2) is 0 Å². The van der Waals surface area contributed by atoms with Gasteiger partial charge in [0.1, 0.15) is 5.75 Å². The lowest BCUT2D eigenvalue weighted by molar-refractivity contribution is 0.407. The molecule has 1 aromatic heterocycles. The van der Waals surface area contributed by atoms with Gasteiger partial charge in [0, 0.05) is 12.2 Å². The van der Waals surface area contributed by atoms with E-state index in [1.807, 2.05) is 12.3 Å². The van der Waals surface area contributed by atoms with Crippen molar-refractivity contribution in [3.05, 3.63) is 24.0 Å². The van der Waals surface area contributed by atoms with E-state index in [-0.39, 0.29) is 11.5 Å². The van der Waals surface area contributed by atoms with Gasteiger partial charge in [-0.1, -0.05) is 6.92 Å². The lowest BCUT2D eigenvalue weighted by Crippen LogP contribution is -2.20. The topological polar surface area (TPSA) is 48.1 Å². The van der Waals surface area contributed by atoms with Gasteiger partial charge in [-0.05, 0) is 29.9 Å². The highest BCUT2D eigenvalue weighted by Gasteiger charge is 2.43. The Morgan fingerprint density at radius 3 is 2.79 bits per heavy atom. The second kappa shape index (κ2) is 3.24. The number of aromatic nitrogens is 1.